The zero-order chi connectivity index (χ0) is 14.5. The van der Waals surface area contributed by atoms with E-state index in [2.05, 4.69) is 10.6 Å². The highest BCUT2D eigenvalue weighted by Gasteiger charge is 2.19. The van der Waals surface area contributed by atoms with E-state index in [1.54, 1.807) is 17.0 Å². The van der Waals surface area contributed by atoms with E-state index in [0.717, 1.165) is 0 Å². The number of rotatable bonds is 5. The Labute approximate surface area is 115 Å². The van der Waals surface area contributed by atoms with Gasteiger partial charge in [0.25, 0.3) is 5.91 Å². The van der Waals surface area contributed by atoms with Crippen molar-refractivity contribution in [3.63, 3.8) is 0 Å². The van der Waals surface area contributed by atoms with Crippen LogP contribution in [0.1, 0.15) is 20.7 Å². The summed E-state index contributed by atoms with van der Waals surface area (Å²) in [4.78, 5) is 35.8. The summed E-state index contributed by atoms with van der Waals surface area (Å²) in [6.45, 7) is 1.89. The maximum Gasteiger partial charge on any atom is 0.336 e. The standard InChI is InChI=1S/C13H15N3O4/c17-11(9-3-1-2-4-10(9)12(18)19)14-5-7-16-8-6-15-13(16)20/h1-4H,5-8H2,(H,14,17)(H,15,20)(H,18,19). The number of carboxylic acid groups (broad SMARTS) is 1. The van der Waals surface area contributed by atoms with Gasteiger partial charge in [-0.2, -0.15) is 0 Å². The molecule has 20 heavy (non-hydrogen) atoms. The molecule has 1 aliphatic rings. The molecule has 0 aliphatic carbocycles. The molecule has 0 radical (unpaired) electrons. The molecule has 1 heterocycles. The van der Waals surface area contributed by atoms with Crippen molar-refractivity contribution in [2.24, 2.45) is 0 Å². The first-order valence-corrected chi connectivity index (χ1v) is 6.23. The SMILES string of the molecule is O=C(O)c1ccccc1C(=O)NCCN1CCNC1=O. The van der Waals surface area contributed by atoms with Crippen LogP contribution in [0.4, 0.5) is 4.79 Å². The minimum absolute atomic E-state index is 0.0380. The molecular formula is C13H15N3O4. The highest BCUT2D eigenvalue weighted by Crippen LogP contribution is 2.08. The number of carbonyl (C=O) groups is 3. The molecule has 0 saturated carbocycles. The van der Waals surface area contributed by atoms with Gasteiger partial charge in [-0.15, -0.1) is 0 Å². The first-order chi connectivity index (χ1) is 9.59. The van der Waals surface area contributed by atoms with Crippen LogP contribution in [-0.4, -0.2) is 54.1 Å². The van der Waals surface area contributed by atoms with Gasteiger partial charge in [0.05, 0.1) is 11.1 Å². The van der Waals surface area contributed by atoms with Crippen molar-refractivity contribution >= 4 is 17.9 Å². The largest absolute Gasteiger partial charge is 0.478 e. The lowest BCUT2D eigenvalue weighted by atomic mass is 10.1. The quantitative estimate of drug-likeness (QED) is 0.713. The molecule has 2 rings (SSSR count). The molecule has 0 unspecified atom stereocenters. The zero-order valence-corrected chi connectivity index (χ0v) is 10.8. The summed E-state index contributed by atoms with van der Waals surface area (Å²) < 4.78 is 0. The summed E-state index contributed by atoms with van der Waals surface area (Å²) in [5.74, 6) is -1.60. The lowest BCUT2D eigenvalue weighted by Crippen LogP contribution is -2.37. The number of benzene rings is 1. The van der Waals surface area contributed by atoms with Gasteiger partial charge >= 0.3 is 12.0 Å². The topological polar surface area (TPSA) is 98.7 Å². The molecule has 1 aromatic carbocycles. The Morgan fingerprint density at radius 3 is 2.60 bits per heavy atom. The van der Waals surface area contributed by atoms with E-state index < -0.39 is 11.9 Å². The monoisotopic (exact) mass is 277 g/mol. The van der Waals surface area contributed by atoms with Crippen molar-refractivity contribution in [2.45, 2.75) is 0 Å². The van der Waals surface area contributed by atoms with Crippen LogP contribution in [0.5, 0.6) is 0 Å². The number of nitrogens with zero attached hydrogens (tertiary/aromatic N) is 1. The average molecular weight is 277 g/mol. The van der Waals surface area contributed by atoms with Gasteiger partial charge in [-0.1, -0.05) is 12.1 Å². The van der Waals surface area contributed by atoms with Crippen molar-refractivity contribution in [3.8, 4) is 0 Å². The van der Waals surface area contributed by atoms with Crippen LogP contribution < -0.4 is 10.6 Å². The number of hydrogen-bond acceptors (Lipinski definition) is 3. The average Bonchev–Trinajstić information content (AvgIpc) is 2.84. The molecule has 3 amide bonds. The smallest absolute Gasteiger partial charge is 0.336 e. The van der Waals surface area contributed by atoms with Gasteiger partial charge in [0.2, 0.25) is 0 Å². The second kappa shape index (κ2) is 6.05. The van der Waals surface area contributed by atoms with E-state index in [-0.39, 0.29) is 23.7 Å². The van der Waals surface area contributed by atoms with E-state index in [1.807, 2.05) is 0 Å². The predicted octanol–water partition coefficient (Wildman–Crippen LogP) is 0.140. The Morgan fingerprint density at radius 1 is 1.30 bits per heavy atom. The van der Waals surface area contributed by atoms with Gasteiger partial charge < -0.3 is 20.6 Å². The maximum atomic E-state index is 11.9. The Hall–Kier alpha value is -2.57. The fourth-order valence-corrected chi connectivity index (χ4v) is 1.99. The highest BCUT2D eigenvalue weighted by molar-refractivity contribution is 6.04. The minimum Gasteiger partial charge on any atom is -0.478 e. The summed E-state index contributed by atoms with van der Waals surface area (Å²) in [6, 6.07) is 5.86. The van der Waals surface area contributed by atoms with Crippen molar-refractivity contribution < 1.29 is 19.5 Å². The van der Waals surface area contributed by atoms with Crippen LogP contribution in [0.25, 0.3) is 0 Å². The Morgan fingerprint density at radius 2 is 2.00 bits per heavy atom. The summed E-state index contributed by atoms with van der Waals surface area (Å²) in [6.07, 6.45) is 0. The van der Waals surface area contributed by atoms with Crippen molar-refractivity contribution in [1.29, 1.82) is 0 Å². The van der Waals surface area contributed by atoms with Crippen LogP contribution >= 0.6 is 0 Å². The van der Waals surface area contributed by atoms with E-state index >= 15 is 0 Å². The van der Waals surface area contributed by atoms with Crippen molar-refractivity contribution in [1.82, 2.24) is 15.5 Å². The van der Waals surface area contributed by atoms with Crippen molar-refractivity contribution in [3.05, 3.63) is 35.4 Å². The first-order valence-electron chi connectivity index (χ1n) is 6.23. The molecule has 0 spiro atoms. The maximum absolute atomic E-state index is 11.9. The van der Waals surface area contributed by atoms with Gasteiger partial charge in [0, 0.05) is 26.2 Å². The van der Waals surface area contributed by atoms with Crippen LogP contribution in [0.3, 0.4) is 0 Å². The van der Waals surface area contributed by atoms with Gasteiger partial charge in [0.1, 0.15) is 0 Å². The third kappa shape index (κ3) is 3.05. The molecule has 3 N–H and O–H groups in total. The Bertz CT molecular complexity index is 544. The first kappa shape index (κ1) is 13.9. The summed E-state index contributed by atoms with van der Waals surface area (Å²) in [7, 11) is 0. The fourth-order valence-electron chi connectivity index (χ4n) is 1.99. The lowest BCUT2D eigenvalue weighted by molar-refractivity contribution is 0.0691. The lowest BCUT2D eigenvalue weighted by Gasteiger charge is -2.14. The third-order valence-electron chi connectivity index (χ3n) is 3.01. The molecule has 0 bridgehead atoms. The van der Waals surface area contributed by atoms with E-state index in [4.69, 9.17) is 5.11 Å². The molecule has 7 heteroatoms. The molecule has 1 aromatic rings. The van der Waals surface area contributed by atoms with Crippen molar-refractivity contribution in [2.75, 3.05) is 26.2 Å². The number of amides is 3. The second-order valence-electron chi connectivity index (χ2n) is 4.33. The van der Waals surface area contributed by atoms with E-state index in [9.17, 15) is 14.4 Å². The fraction of sp³-hybridized carbons (Fsp3) is 0.308. The molecule has 1 fully saturated rings. The summed E-state index contributed by atoms with van der Waals surface area (Å²) >= 11 is 0. The number of nitrogens with one attached hydrogen (secondary N) is 2. The van der Waals surface area contributed by atoms with E-state index in [1.165, 1.54) is 12.1 Å². The number of carboxylic acids is 1. The van der Waals surface area contributed by atoms with Gasteiger partial charge in [0.15, 0.2) is 0 Å². The van der Waals surface area contributed by atoms with Gasteiger partial charge in [-0.05, 0) is 12.1 Å². The van der Waals surface area contributed by atoms with Crippen LogP contribution in [-0.2, 0) is 0 Å². The second-order valence-corrected chi connectivity index (χ2v) is 4.33. The normalized spacial score (nSPS) is 14.0. The molecule has 106 valence electrons. The molecule has 0 aromatic heterocycles. The highest BCUT2D eigenvalue weighted by atomic mass is 16.4. The zero-order valence-electron chi connectivity index (χ0n) is 10.8. The minimum atomic E-state index is -1.14. The van der Waals surface area contributed by atoms with Crippen LogP contribution in [0.15, 0.2) is 24.3 Å². The molecule has 1 aliphatic heterocycles. The molecule has 7 nitrogen and oxygen atoms in total. The molecule has 1 saturated heterocycles. The Balaban J connectivity index is 1.92. The van der Waals surface area contributed by atoms with E-state index in [0.29, 0.717) is 19.6 Å². The number of urea groups is 1. The van der Waals surface area contributed by atoms with Crippen LogP contribution in [0.2, 0.25) is 0 Å². The summed E-state index contributed by atoms with van der Waals surface area (Å²) in [5, 5.41) is 14.3. The Kier molecular flexibility index (Phi) is 4.19. The van der Waals surface area contributed by atoms with Gasteiger partial charge in [-0.25, -0.2) is 9.59 Å². The summed E-state index contributed by atoms with van der Waals surface area (Å²) in [5.41, 5.74) is 0.0785. The molecular weight excluding hydrogens is 262 g/mol. The molecule has 0 atom stereocenters. The third-order valence-corrected chi connectivity index (χ3v) is 3.01. The number of hydrogen-bond donors (Lipinski definition) is 3. The number of aromatic carboxylic acids is 1. The van der Waals surface area contributed by atoms with Gasteiger partial charge in [-0.3, -0.25) is 4.79 Å². The predicted molar refractivity (Wildman–Crippen MR) is 70.7 cm³/mol. The number of carbonyl (C=O) groups excluding carboxylic acids is 2. The van der Waals surface area contributed by atoms with Crippen LogP contribution in [0, 0.1) is 0 Å².